The van der Waals surface area contributed by atoms with E-state index in [1.165, 1.54) is 12.8 Å². The molecular formula is C12H23N3O. The molecule has 1 amide bonds. The summed E-state index contributed by atoms with van der Waals surface area (Å²) in [6.45, 7) is 6.14. The summed E-state index contributed by atoms with van der Waals surface area (Å²) in [4.78, 5) is 14.4. The van der Waals surface area contributed by atoms with Crippen molar-refractivity contribution in [3.8, 4) is 0 Å². The Morgan fingerprint density at radius 1 is 1.50 bits per heavy atom. The molecule has 16 heavy (non-hydrogen) atoms. The zero-order chi connectivity index (χ0) is 11.8. The van der Waals surface area contributed by atoms with Gasteiger partial charge in [-0.15, -0.1) is 0 Å². The van der Waals surface area contributed by atoms with Crippen LogP contribution in [0, 0.1) is 0 Å². The molecule has 0 bridgehead atoms. The lowest BCUT2D eigenvalue weighted by Gasteiger charge is -2.47. The van der Waals surface area contributed by atoms with E-state index in [9.17, 15) is 4.79 Å². The van der Waals surface area contributed by atoms with Gasteiger partial charge in [0, 0.05) is 18.1 Å². The Hall–Kier alpha value is -0.610. The first-order chi connectivity index (χ1) is 7.56. The highest BCUT2D eigenvalue weighted by Gasteiger charge is 2.47. The molecule has 0 aromatic rings. The molecule has 1 saturated heterocycles. The van der Waals surface area contributed by atoms with Crippen molar-refractivity contribution in [1.29, 1.82) is 0 Å². The van der Waals surface area contributed by atoms with E-state index in [1.54, 1.807) is 0 Å². The Kier molecular flexibility index (Phi) is 3.22. The van der Waals surface area contributed by atoms with Crippen molar-refractivity contribution < 1.29 is 4.79 Å². The first-order valence-corrected chi connectivity index (χ1v) is 6.27. The Bertz CT molecular complexity index is 273. The number of carbonyl (C=O) groups excluding carboxylic acids is 1. The summed E-state index contributed by atoms with van der Waals surface area (Å²) >= 11 is 0. The van der Waals surface area contributed by atoms with Crippen LogP contribution in [-0.4, -0.2) is 48.6 Å². The molecule has 2 aliphatic rings. The number of hydrogen-bond acceptors (Lipinski definition) is 3. The van der Waals surface area contributed by atoms with Crippen LogP contribution in [0.25, 0.3) is 0 Å². The van der Waals surface area contributed by atoms with Crippen LogP contribution in [0.4, 0.5) is 0 Å². The van der Waals surface area contributed by atoms with Gasteiger partial charge in [0.25, 0.3) is 0 Å². The van der Waals surface area contributed by atoms with Crippen molar-refractivity contribution in [2.45, 2.75) is 50.7 Å². The third-order valence-corrected chi connectivity index (χ3v) is 3.64. The fraction of sp³-hybridized carbons (Fsp3) is 0.917. The minimum absolute atomic E-state index is 0.0590. The van der Waals surface area contributed by atoms with Gasteiger partial charge in [-0.25, -0.2) is 0 Å². The predicted molar refractivity (Wildman–Crippen MR) is 64.3 cm³/mol. The lowest BCUT2D eigenvalue weighted by molar-refractivity contribution is -0.135. The summed E-state index contributed by atoms with van der Waals surface area (Å²) in [7, 11) is 1.94. The Balaban J connectivity index is 2.11. The van der Waals surface area contributed by atoms with Crippen LogP contribution in [0.3, 0.4) is 0 Å². The summed E-state index contributed by atoms with van der Waals surface area (Å²) in [6, 6.07) is 0.701. The van der Waals surface area contributed by atoms with Crippen molar-refractivity contribution in [1.82, 2.24) is 15.5 Å². The molecule has 4 heteroatoms. The smallest absolute Gasteiger partial charge is 0.237 e. The highest BCUT2D eigenvalue weighted by molar-refractivity contribution is 5.83. The molecular weight excluding hydrogens is 202 g/mol. The van der Waals surface area contributed by atoms with Crippen LogP contribution in [0.15, 0.2) is 0 Å². The number of nitrogens with one attached hydrogen (secondary N) is 2. The van der Waals surface area contributed by atoms with E-state index in [0.29, 0.717) is 6.04 Å². The van der Waals surface area contributed by atoms with E-state index in [-0.39, 0.29) is 17.5 Å². The third kappa shape index (κ3) is 2.23. The average molecular weight is 225 g/mol. The second-order valence-corrected chi connectivity index (χ2v) is 5.58. The normalized spacial score (nSPS) is 30.2. The number of amides is 1. The van der Waals surface area contributed by atoms with Gasteiger partial charge in [-0.2, -0.15) is 0 Å². The van der Waals surface area contributed by atoms with E-state index in [1.807, 2.05) is 7.05 Å². The van der Waals surface area contributed by atoms with Crippen LogP contribution >= 0.6 is 0 Å². The van der Waals surface area contributed by atoms with Crippen molar-refractivity contribution in [3.63, 3.8) is 0 Å². The van der Waals surface area contributed by atoms with Gasteiger partial charge in [0.1, 0.15) is 0 Å². The topological polar surface area (TPSA) is 44.4 Å². The van der Waals surface area contributed by atoms with Crippen molar-refractivity contribution in [2.24, 2.45) is 0 Å². The molecule has 1 aliphatic heterocycles. The minimum Gasteiger partial charge on any atom is -0.353 e. The zero-order valence-electron chi connectivity index (χ0n) is 10.5. The number of hydrogen-bond donors (Lipinski definition) is 2. The minimum atomic E-state index is 0.0590. The molecule has 2 fully saturated rings. The van der Waals surface area contributed by atoms with Gasteiger partial charge >= 0.3 is 0 Å². The zero-order valence-corrected chi connectivity index (χ0v) is 10.5. The maximum atomic E-state index is 12.0. The monoisotopic (exact) mass is 225 g/mol. The molecule has 1 unspecified atom stereocenters. The van der Waals surface area contributed by atoms with E-state index in [2.05, 4.69) is 29.4 Å². The maximum Gasteiger partial charge on any atom is 0.237 e. The summed E-state index contributed by atoms with van der Waals surface area (Å²) in [5.41, 5.74) is 0.105. The predicted octanol–water partition coefficient (Wildman–Crippen LogP) is 0.337. The molecule has 0 radical (unpaired) electrons. The lowest BCUT2D eigenvalue weighted by Crippen LogP contribution is -2.66. The van der Waals surface area contributed by atoms with Crippen LogP contribution in [-0.2, 0) is 4.79 Å². The molecule has 2 N–H and O–H groups in total. The second-order valence-electron chi connectivity index (χ2n) is 5.58. The van der Waals surface area contributed by atoms with E-state index < -0.39 is 0 Å². The van der Waals surface area contributed by atoms with Gasteiger partial charge in [0.2, 0.25) is 5.91 Å². The largest absolute Gasteiger partial charge is 0.353 e. The molecule has 1 atom stereocenters. The second kappa shape index (κ2) is 4.34. The lowest BCUT2D eigenvalue weighted by atomic mass is 9.94. The molecule has 92 valence electrons. The van der Waals surface area contributed by atoms with Crippen molar-refractivity contribution in [3.05, 3.63) is 0 Å². The molecule has 2 rings (SSSR count). The van der Waals surface area contributed by atoms with Crippen LogP contribution < -0.4 is 10.6 Å². The van der Waals surface area contributed by atoms with Crippen LogP contribution in [0.2, 0.25) is 0 Å². The van der Waals surface area contributed by atoms with Gasteiger partial charge in [-0.1, -0.05) is 0 Å². The van der Waals surface area contributed by atoms with Gasteiger partial charge in [-0.3, -0.25) is 9.69 Å². The highest BCUT2D eigenvalue weighted by atomic mass is 16.2. The number of piperazine rings is 1. The van der Waals surface area contributed by atoms with E-state index >= 15 is 0 Å². The van der Waals surface area contributed by atoms with Gasteiger partial charge < -0.3 is 10.6 Å². The molecule has 0 aromatic heterocycles. The van der Waals surface area contributed by atoms with Gasteiger partial charge in [0.05, 0.1) is 6.04 Å². The fourth-order valence-electron chi connectivity index (χ4n) is 2.71. The summed E-state index contributed by atoms with van der Waals surface area (Å²) in [6.07, 6.45) is 3.42. The number of rotatable bonds is 4. The quantitative estimate of drug-likeness (QED) is 0.725. The van der Waals surface area contributed by atoms with Gasteiger partial charge in [-0.05, 0) is 46.7 Å². The summed E-state index contributed by atoms with van der Waals surface area (Å²) < 4.78 is 0. The molecule has 4 nitrogen and oxygen atoms in total. The Morgan fingerprint density at radius 3 is 2.75 bits per heavy atom. The van der Waals surface area contributed by atoms with Gasteiger partial charge in [0.15, 0.2) is 0 Å². The van der Waals surface area contributed by atoms with Crippen molar-refractivity contribution in [2.75, 3.05) is 20.1 Å². The molecule has 0 aromatic carbocycles. The van der Waals surface area contributed by atoms with Crippen LogP contribution in [0.1, 0.15) is 33.1 Å². The molecule has 1 saturated carbocycles. The summed E-state index contributed by atoms with van der Waals surface area (Å²) in [5.74, 6) is 0.210. The molecule has 1 aliphatic carbocycles. The standard InChI is InChI=1S/C12H23N3O/c1-12(2)8-14-11(16)10(6-7-13-3)15(12)9-4-5-9/h9-10,13H,4-8H2,1-3H3,(H,14,16). The molecule has 1 heterocycles. The number of nitrogens with zero attached hydrogens (tertiary/aromatic N) is 1. The Morgan fingerprint density at radius 2 is 2.19 bits per heavy atom. The average Bonchev–Trinajstić information content (AvgIpc) is 3.03. The first-order valence-electron chi connectivity index (χ1n) is 6.27. The van der Waals surface area contributed by atoms with Crippen molar-refractivity contribution >= 4 is 5.91 Å². The van der Waals surface area contributed by atoms with E-state index in [4.69, 9.17) is 0 Å². The SMILES string of the molecule is CNCCC1C(=O)NCC(C)(C)N1C1CC1. The van der Waals surface area contributed by atoms with Crippen LogP contribution in [0.5, 0.6) is 0 Å². The summed E-state index contributed by atoms with van der Waals surface area (Å²) in [5, 5.41) is 6.17. The Labute approximate surface area is 97.8 Å². The highest BCUT2D eigenvalue weighted by Crippen LogP contribution is 2.36. The maximum absolute atomic E-state index is 12.0. The first kappa shape index (κ1) is 11.9. The molecule has 0 spiro atoms. The fourth-order valence-corrected chi connectivity index (χ4v) is 2.71. The number of carbonyl (C=O) groups is 1. The third-order valence-electron chi connectivity index (χ3n) is 3.64. The van der Waals surface area contributed by atoms with E-state index in [0.717, 1.165) is 19.5 Å².